The third-order valence-corrected chi connectivity index (χ3v) is 12.4. The lowest BCUT2D eigenvalue weighted by Gasteiger charge is -2.33. The summed E-state index contributed by atoms with van der Waals surface area (Å²) >= 11 is 0. The molecule has 0 radical (unpaired) electrons. The summed E-state index contributed by atoms with van der Waals surface area (Å²) in [4.78, 5) is 2.38. The summed E-state index contributed by atoms with van der Waals surface area (Å²) in [6.45, 7) is 9.08. The zero-order chi connectivity index (χ0) is 38.7. The van der Waals surface area contributed by atoms with Gasteiger partial charge in [-0.15, -0.1) is 0 Å². The number of nitrogens with zero attached hydrogens (tertiary/aromatic N) is 1. The van der Waals surface area contributed by atoms with E-state index in [2.05, 4.69) is 172 Å². The first-order valence-electron chi connectivity index (χ1n) is 21.9. The van der Waals surface area contributed by atoms with E-state index < -0.39 is 0 Å². The normalized spacial score (nSPS) is 12.7. The molecule has 0 spiro atoms. The molecule has 0 aliphatic heterocycles. The summed E-state index contributed by atoms with van der Waals surface area (Å²) < 4.78 is 0. The Labute approximate surface area is 338 Å². The van der Waals surface area contributed by atoms with Gasteiger partial charge in [-0.3, -0.25) is 0 Å². The second-order valence-corrected chi connectivity index (χ2v) is 16.6. The Hall–Kier alpha value is -4.88. The number of hydrogen-bond acceptors (Lipinski definition) is 1. The molecule has 0 unspecified atom stereocenters. The van der Waals surface area contributed by atoms with Gasteiger partial charge in [-0.1, -0.05) is 199 Å². The van der Waals surface area contributed by atoms with Gasteiger partial charge in [0.1, 0.15) is 0 Å². The Balaban J connectivity index is 1.22. The predicted octanol–water partition coefficient (Wildman–Crippen LogP) is 16.9. The summed E-state index contributed by atoms with van der Waals surface area (Å²) in [5, 5.41) is 0. The quantitative estimate of drug-likeness (QED) is 0.0748. The van der Waals surface area contributed by atoms with E-state index in [9.17, 15) is 0 Å². The van der Waals surface area contributed by atoms with Gasteiger partial charge >= 0.3 is 0 Å². The number of hydrogen-bond donors (Lipinski definition) is 0. The molecule has 0 aromatic heterocycles. The maximum atomic E-state index is 2.59. The van der Waals surface area contributed by atoms with Crippen LogP contribution < -0.4 is 4.90 Å². The molecule has 1 heteroatoms. The zero-order valence-electron chi connectivity index (χ0n) is 34.6. The summed E-state index contributed by atoms with van der Waals surface area (Å²) in [6, 6.07) is 52.6. The number of rotatable bonds is 19. The Morgan fingerprint density at radius 1 is 0.375 bits per heavy atom. The van der Waals surface area contributed by atoms with Gasteiger partial charge in [-0.25, -0.2) is 0 Å². The molecule has 1 aliphatic carbocycles. The molecule has 1 aliphatic rings. The first-order valence-corrected chi connectivity index (χ1v) is 21.9. The van der Waals surface area contributed by atoms with Gasteiger partial charge < -0.3 is 4.90 Å². The predicted molar refractivity (Wildman–Crippen MR) is 244 cm³/mol. The van der Waals surface area contributed by atoms with Crippen LogP contribution in [0, 0.1) is 13.8 Å². The molecular weight excluding hydrogens is 675 g/mol. The minimum Gasteiger partial charge on any atom is -0.311 e. The molecule has 0 fully saturated rings. The monoisotopic (exact) mass is 737 g/mol. The Morgan fingerprint density at radius 3 is 1.34 bits per heavy atom. The van der Waals surface area contributed by atoms with Crippen molar-refractivity contribution in [1.82, 2.24) is 0 Å². The number of benzene rings is 6. The van der Waals surface area contributed by atoms with Gasteiger partial charge in [0.15, 0.2) is 0 Å². The molecule has 288 valence electrons. The standard InChI is InChI=1S/C55H63N/c1-5-7-9-11-13-18-38-55(39-19-14-12-10-8-6-2)53-40-43(4)24-36-51(53)52-37-29-47(41-54(52)55)46-27-34-50(35-28-46)56(48-30-22-42(3)23-31-48)49-32-25-45(26-33-49)44-20-16-15-17-21-44/h15-17,20-37,40-41H,5-14,18-19,38-39H2,1-4H3. The average Bonchev–Trinajstić information content (AvgIpc) is 3.49. The van der Waals surface area contributed by atoms with E-state index in [1.54, 1.807) is 11.1 Å². The second-order valence-electron chi connectivity index (χ2n) is 16.6. The van der Waals surface area contributed by atoms with Gasteiger partial charge in [0.05, 0.1) is 0 Å². The minimum atomic E-state index is 0.0797. The third-order valence-electron chi connectivity index (χ3n) is 12.4. The molecule has 0 heterocycles. The Kier molecular flexibility index (Phi) is 13.2. The van der Waals surface area contributed by atoms with Crippen LogP contribution in [0.2, 0.25) is 0 Å². The van der Waals surface area contributed by atoms with Crippen molar-refractivity contribution >= 4 is 17.1 Å². The van der Waals surface area contributed by atoms with E-state index in [0.29, 0.717) is 0 Å². The number of unbranched alkanes of at least 4 members (excludes halogenated alkanes) is 10. The van der Waals surface area contributed by atoms with Crippen molar-refractivity contribution in [3.63, 3.8) is 0 Å². The van der Waals surface area contributed by atoms with Crippen molar-refractivity contribution in [2.24, 2.45) is 0 Å². The SMILES string of the molecule is CCCCCCCCC1(CCCCCCCC)c2cc(C)ccc2-c2ccc(-c3ccc(N(c4ccc(C)cc4)c4ccc(-c5ccccc5)cc4)cc3)cc21. The van der Waals surface area contributed by atoms with Crippen LogP contribution in [-0.2, 0) is 5.41 Å². The van der Waals surface area contributed by atoms with E-state index in [0.717, 1.165) is 17.1 Å². The van der Waals surface area contributed by atoms with Gasteiger partial charge in [-0.05, 0) is 114 Å². The van der Waals surface area contributed by atoms with Crippen molar-refractivity contribution in [3.05, 3.63) is 162 Å². The van der Waals surface area contributed by atoms with E-state index >= 15 is 0 Å². The van der Waals surface area contributed by atoms with Crippen LogP contribution in [0.4, 0.5) is 17.1 Å². The molecule has 1 nitrogen and oxygen atoms in total. The lowest BCUT2D eigenvalue weighted by Crippen LogP contribution is -2.25. The van der Waals surface area contributed by atoms with E-state index in [1.165, 1.54) is 134 Å². The van der Waals surface area contributed by atoms with E-state index in [4.69, 9.17) is 0 Å². The molecule has 7 rings (SSSR count). The number of aryl methyl sites for hydroxylation is 2. The molecule has 0 atom stereocenters. The second kappa shape index (κ2) is 18.8. The van der Waals surface area contributed by atoms with Gasteiger partial charge in [0.25, 0.3) is 0 Å². The highest BCUT2D eigenvalue weighted by Gasteiger charge is 2.42. The van der Waals surface area contributed by atoms with Crippen LogP contribution >= 0.6 is 0 Å². The molecule has 0 bridgehead atoms. The maximum Gasteiger partial charge on any atom is 0.0462 e. The molecular formula is C55H63N. The van der Waals surface area contributed by atoms with Crippen LogP contribution in [0.25, 0.3) is 33.4 Å². The molecule has 0 amide bonds. The van der Waals surface area contributed by atoms with Crippen LogP contribution in [0.3, 0.4) is 0 Å². The van der Waals surface area contributed by atoms with Crippen molar-refractivity contribution < 1.29 is 0 Å². The Morgan fingerprint density at radius 2 is 0.786 bits per heavy atom. The van der Waals surface area contributed by atoms with Gasteiger partial charge in [-0.2, -0.15) is 0 Å². The highest BCUT2D eigenvalue weighted by atomic mass is 15.1. The maximum absolute atomic E-state index is 2.59. The minimum absolute atomic E-state index is 0.0797. The molecule has 6 aromatic rings. The lowest BCUT2D eigenvalue weighted by atomic mass is 9.70. The van der Waals surface area contributed by atoms with Crippen LogP contribution in [0.1, 0.15) is 126 Å². The fraction of sp³-hybridized carbons (Fsp3) is 0.345. The average molecular weight is 738 g/mol. The molecule has 0 saturated carbocycles. The van der Waals surface area contributed by atoms with E-state index in [1.807, 2.05) is 0 Å². The molecule has 0 N–H and O–H groups in total. The zero-order valence-corrected chi connectivity index (χ0v) is 34.6. The Bertz CT molecular complexity index is 2110. The van der Waals surface area contributed by atoms with Gasteiger partial charge in [0, 0.05) is 22.5 Å². The van der Waals surface area contributed by atoms with Crippen molar-refractivity contribution in [1.29, 1.82) is 0 Å². The van der Waals surface area contributed by atoms with Crippen molar-refractivity contribution in [3.8, 4) is 33.4 Å². The highest BCUT2D eigenvalue weighted by Crippen LogP contribution is 2.55. The van der Waals surface area contributed by atoms with Crippen LogP contribution in [0.5, 0.6) is 0 Å². The van der Waals surface area contributed by atoms with E-state index in [-0.39, 0.29) is 5.41 Å². The summed E-state index contributed by atoms with van der Waals surface area (Å²) in [7, 11) is 0. The largest absolute Gasteiger partial charge is 0.311 e. The summed E-state index contributed by atoms with van der Waals surface area (Å²) in [5.74, 6) is 0. The van der Waals surface area contributed by atoms with Crippen molar-refractivity contribution in [2.75, 3.05) is 4.90 Å². The third kappa shape index (κ3) is 8.89. The highest BCUT2D eigenvalue weighted by molar-refractivity contribution is 5.85. The summed E-state index contributed by atoms with van der Waals surface area (Å²) in [5.41, 5.74) is 17.4. The fourth-order valence-corrected chi connectivity index (χ4v) is 9.24. The fourth-order valence-electron chi connectivity index (χ4n) is 9.24. The smallest absolute Gasteiger partial charge is 0.0462 e. The topological polar surface area (TPSA) is 3.24 Å². The lowest BCUT2D eigenvalue weighted by molar-refractivity contribution is 0.398. The molecule has 6 aromatic carbocycles. The first-order chi connectivity index (χ1) is 27.5. The summed E-state index contributed by atoms with van der Waals surface area (Å²) in [6.07, 6.45) is 18.5. The first kappa shape index (κ1) is 39.4. The number of anilines is 3. The number of fused-ring (bicyclic) bond motifs is 3. The van der Waals surface area contributed by atoms with Gasteiger partial charge in [0.2, 0.25) is 0 Å². The molecule has 0 saturated heterocycles. The van der Waals surface area contributed by atoms with Crippen LogP contribution in [-0.4, -0.2) is 0 Å². The molecule has 56 heavy (non-hydrogen) atoms. The van der Waals surface area contributed by atoms with Crippen LogP contribution in [0.15, 0.2) is 140 Å². The van der Waals surface area contributed by atoms with Crippen molar-refractivity contribution in [2.45, 2.75) is 123 Å².